The van der Waals surface area contributed by atoms with Crippen molar-refractivity contribution < 1.29 is 19.2 Å². The summed E-state index contributed by atoms with van der Waals surface area (Å²) >= 11 is 5.63. The number of esters is 1. The Morgan fingerprint density at radius 3 is 2.67 bits per heavy atom. The van der Waals surface area contributed by atoms with Crippen molar-refractivity contribution in [2.75, 3.05) is 13.2 Å². The maximum absolute atomic E-state index is 11.6. The summed E-state index contributed by atoms with van der Waals surface area (Å²) in [5.74, 6) is -0.964. The smallest absolute Gasteiger partial charge is 0.348 e. The Balaban J connectivity index is 3.38. The van der Waals surface area contributed by atoms with Crippen LogP contribution in [-0.2, 0) is 4.74 Å². The van der Waals surface area contributed by atoms with E-state index in [4.69, 9.17) is 21.1 Å². The summed E-state index contributed by atoms with van der Waals surface area (Å²) < 4.78 is 9.88. The van der Waals surface area contributed by atoms with Crippen LogP contribution in [0.2, 0.25) is 5.15 Å². The Morgan fingerprint density at radius 2 is 2.17 bits per heavy atom. The number of pyridine rings is 1. The highest BCUT2D eigenvalue weighted by Gasteiger charge is 2.28. The van der Waals surface area contributed by atoms with Gasteiger partial charge in [-0.1, -0.05) is 11.6 Å². The van der Waals surface area contributed by atoms with Gasteiger partial charge in [-0.2, -0.15) is 0 Å². The molecule has 7 nitrogen and oxygen atoms in total. The first kappa shape index (κ1) is 14.2. The average molecular weight is 275 g/mol. The SMILES string of the molecule is CCOC(=O)c1cnc(Cl)c([N+](=O)[O-])c1OCC. The maximum atomic E-state index is 11.6. The van der Waals surface area contributed by atoms with Crippen LogP contribution in [0.1, 0.15) is 24.2 Å². The predicted octanol–water partition coefficient (Wildman–Crippen LogP) is 2.22. The third-order valence-corrected chi connectivity index (χ3v) is 2.21. The van der Waals surface area contributed by atoms with Crippen LogP contribution in [0, 0.1) is 10.1 Å². The average Bonchev–Trinajstić information content (AvgIpc) is 2.29. The molecule has 0 radical (unpaired) electrons. The number of rotatable bonds is 5. The first-order chi connectivity index (χ1) is 8.52. The number of nitrogens with zero attached hydrogens (tertiary/aromatic N) is 2. The van der Waals surface area contributed by atoms with E-state index in [0.29, 0.717) is 0 Å². The number of nitro groups is 1. The molecule has 98 valence electrons. The Hall–Kier alpha value is -1.89. The van der Waals surface area contributed by atoms with Gasteiger partial charge >= 0.3 is 11.7 Å². The van der Waals surface area contributed by atoms with Crippen LogP contribution < -0.4 is 4.74 Å². The highest BCUT2D eigenvalue weighted by molar-refractivity contribution is 6.31. The van der Waals surface area contributed by atoms with Crippen molar-refractivity contribution in [2.45, 2.75) is 13.8 Å². The van der Waals surface area contributed by atoms with Gasteiger partial charge in [-0.25, -0.2) is 9.78 Å². The maximum Gasteiger partial charge on any atom is 0.348 e. The van der Waals surface area contributed by atoms with E-state index in [-0.39, 0.29) is 29.7 Å². The number of carbonyl (C=O) groups is 1. The van der Waals surface area contributed by atoms with Gasteiger partial charge in [0.15, 0.2) is 0 Å². The first-order valence-corrected chi connectivity index (χ1v) is 5.53. The molecule has 1 heterocycles. The summed E-state index contributed by atoms with van der Waals surface area (Å²) in [7, 11) is 0. The minimum atomic E-state index is -0.747. The van der Waals surface area contributed by atoms with Gasteiger partial charge in [-0.05, 0) is 13.8 Å². The number of carbonyl (C=O) groups excluding carboxylic acids is 1. The van der Waals surface area contributed by atoms with Crippen molar-refractivity contribution in [3.05, 3.63) is 27.0 Å². The van der Waals surface area contributed by atoms with E-state index in [9.17, 15) is 14.9 Å². The van der Waals surface area contributed by atoms with E-state index in [1.807, 2.05) is 0 Å². The fraction of sp³-hybridized carbons (Fsp3) is 0.400. The number of ether oxygens (including phenoxy) is 2. The third-order valence-electron chi connectivity index (χ3n) is 1.93. The Bertz CT molecular complexity index is 478. The summed E-state index contributed by atoms with van der Waals surface area (Å²) in [5, 5.41) is 10.6. The van der Waals surface area contributed by atoms with Gasteiger partial charge in [0.25, 0.3) is 0 Å². The second-order valence-electron chi connectivity index (χ2n) is 3.05. The zero-order valence-corrected chi connectivity index (χ0v) is 10.6. The third kappa shape index (κ3) is 2.86. The van der Waals surface area contributed by atoms with Crippen molar-refractivity contribution in [2.24, 2.45) is 0 Å². The molecular formula is C10H11ClN2O5. The molecule has 0 N–H and O–H groups in total. The quantitative estimate of drug-likeness (QED) is 0.354. The van der Waals surface area contributed by atoms with E-state index in [2.05, 4.69) is 4.98 Å². The summed E-state index contributed by atoms with van der Waals surface area (Å²) in [6.45, 7) is 3.54. The molecule has 1 aromatic heterocycles. The van der Waals surface area contributed by atoms with Crippen LogP contribution in [0.25, 0.3) is 0 Å². The Labute approximate surface area is 108 Å². The summed E-state index contributed by atoms with van der Waals surface area (Å²) in [5.41, 5.74) is -0.654. The van der Waals surface area contributed by atoms with Crippen molar-refractivity contribution in [1.82, 2.24) is 4.98 Å². The summed E-state index contributed by atoms with van der Waals surface area (Å²) in [4.78, 5) is 25.4. The number of halogens is 1. The van der Waals surface area contributed by atoms with E-state index in [1.165, 1.54) is 0 Å². The molecule has 8 heteroatoms. The van der Waals surface area contributed by atoms with Crippen molar-refractivity contribution >= 4 is 23.3 Å². The highest BCUT2D eigenvalue weighted by atomic mass is 35.5. The molecule has 0 aromatic carbocycles. The second kappa shape index (κ2) is 6.15. The van der Waals surface area contributed by atoms with Gasteiger partial charge in [-0.15, -0.1) is 0 Å². The fourth-order valence-corrected chi connectivity index (χ4v) is 1.47. The molecule has 18 heavy (non-hydrogen) atoms. The predicted molar refractivity (Wildman–Crippen MR) is 63.0 cm³/mol. The first-order valence-electron chi connectivity index (χ1n) is 5.15. The normalized spacial score (nSPS) is 9.94. The number of aromatic nitrogens is 1. The van der Waals surface area contributed by atoms with Gasteiger partial charge in [-0.3, -0.25) is 10.1 Å². The summed E-state index contributed by atoms with van der Waals surface area (Å²) in [6, 6.07) is 0. The minimum absolute atomic E-state index is 0.116. The van der Waals surface area contributed by atoms with Gasteiger partial charge in [0, 0.05) is 6.20 Å². The number of hydrogen-bond donors (Lipinski definition) is 0. The molecule has 0 amide bonds. The molecule has 1 aromatic rings. The molecule has 0 aliphatic rings. The molecule has 0 aliphatic carbocycles. The number of hydrogen-bond acceptors (Lipinski definition) is 6. The molecule has 1 rings (SSSR count). The standard InChI is InChI=1S/C10H11ClN2O5/c1-3-17-8-6(10(14)18-4-2)5-12-9(11)7(8)13(15)16/h5H,3-4H2,1-2H3. The van der Waals surface area contributed by atoms with Gasteiger partial charge in [0.2, 0.25) is 10.9 Å². The van der Waals surface area contributed by atoms with Gasteiger partial charge in [0.1, 0.15) is 5.56 Å². The van der Waals surface area contributed by atoms with E-state index in [1.54, 1.807) is 13.8 Å². The molecule has 0 fully saturated rings. The fourth-order valence-electron chi connectivity index (χ4n) is 1.27. The molecule has 0 atom stereocenters. The largest absolute Gasteiger partial charge is 0.486 e. The van der Waals surface area contributed by atoms with Crippen LogP contribution in [-0.4, -0.2) is 29.1 Å². The monoisotopic (exact) mass is 274 g/mol. The highest BCUT2D eigenvalue weighted by Crippen LogP contribution is 2.36. The van der Waals surface area contributed by atoms with E-state index >= 15 is 0 Å². The van der Waals surface area contributed by atoms with Crippen LogP contribution in [0.3, 0.4) is 0 Å². The minimum Gasteiger partial charge on any atom is -0.486 e. The molecule has 0 unspecified atom stereocenters. The van der Waals surface area contributed by atoms with Crippen LogP contribution in [0.4, 0.5) is 5.69 Å². The lowest BCUT2D eigenvalue weighted by Gasteiger charge is -2.09. The van der Waals surface area contributed by atoms with Crippen LogP contribution in [0.5, 0.6) is 5.75 Å². The molecular weight excluding hydrogens is 264 g/mol. The van der Waals surface area contributed by atoms with E-state index < -0.39 is 16.6 Å². The molecule has 0 saturated carbocycles. The van der Waals surface area contributed by atoms with Gasteiger partial charge < -0.3 is 9.47 Å². The Kier molecular flexibility index (Phi) is 4.85. The zero-order chi connectivity index (χ0) is 13.7. The zero-order valence-electron chi connectivity index (χ0n) is 9.81. The van der Waals surface area contributed by atoms with Crippen LogP contribution in [0.15, 0.2) is 6.20 Å². The molecule has 0 aliphatic heterocycles. The molecule has 0 bridgehead atoms. The van der Waals surface area contributed by atoms with Gasteiger partial charge in [0.05, 0.1) is 18.1 Å². The van der Waals surface area contributed by atoms with Crippen LogP contribution >= 0.6 is 11.6 Å². The lowest BCUT2D eigenvalue weighted by molar-refractivity contribution is -0.386. The van der Waals surface area contributed by atoms with Crippen molar-refractivity contribution in [1.29, 1.82) is 0 Å². The lowest BCUT2D eigenvalue weighted by Crippen LogP contribution is -2.10. The lowest BCUT2D eigenvalue weighted by atomic mass is 10.2. The molecule has 0 saturated heterocycles. The van der Waals surface area contributed by atoms with Crippen molar-refractivity contribution in [3.8, 4) is 5.75 Å². The second-order valence-corrected chi connectivity index (χ2v) is 3.41. The summed E-state index contributed by atoms with van der Waals surface area (Å²) in [6.07, 6.45) is 1.10. The molecule has 0 spiro atoms. The Morgan fingerprint density at radius 1 is 1.50 bits per heavy atom. The van der Waals surface area contributed by atoms with Crippen molar-refractivity contribution in [3.63, 3.8) is 0 Å². The van der Waals surface area contributed by atoms with E-state index in [0.717, 1.165) is 6.20 Å². The topological polar surface area (TPSA) is 91.6 Å².